The molecule has 0 atom stereocenters. The number of rotatable bonds is 4. The molecule has 2 aromatic heterocycles. The number of hydrogen-bond acceptors (Lipinski definition) is 4. The van der Waals surface area contributed by atoms with E-state index in [1.54, 1.807) is 23.0 Å². The molecule has 4 heterocycles. The summed E-state index contributed by atoms with van der Waals surface area (Å²) >= 11 is 1.85. The third-order valence-electron chi connectivity index (χ3n) is 5.68. The molecule has 0 N–H and O–H groups in total. The highest BCUT2D eigenvalue weighted by Gasteiger charge is 2.36. The van der Waals surface area contributed by atoms with E-state index in [4.69, 9.17) is 0 Å². The van der Waals surface area contributed by atoms with Crippen LogP contribution >= 0.6 is 11.3 Å². The van der Waals surface area contributed by atoms with Crippen molar-refractivity contribution in [1.29, 1.82) is 0 Å². The van der Waals surface area contributed by atoms with Gasteiger partial charge in [-0.3, -0.25) is 14.4 Å². The van der Waals surface area contributed by atoms with Crippen LogP contribution in [0.3, 0.4) is 0 Å². The average Bonchev–Trinajstić information content (AvgIpc) is 3.30. The van der Waals surface area contributed by atoms with E-state index in [9.17, 15) is 9.18 Å². The van der Waals surface area contributed by atoms with Crippen molar-refractivity contribution in [2.24, 2.45) is 0 Å². The SMILES string of the molecule is O=C(Cn1cc(-c2ccc(F)cc2)cn1)N1CC(N2CCc3sccc3C2)C1. The lowest BCUT2D eigenvalue weighted by molar-refractivity contribution is -0.139. The number of fused-ring (bicyclic) bond motifs is 1. The van der Waals surface area contributed by atoms with Crippen LogP contribution in [0.4, 0.5) is 4.39 Å². The summed E-state index contributed by atoms with van der Waals surface area (Å²) < 4.78 is 14.7. The smallest absolute Gasteiger partial charge is 0.244 e. The number of halogens is 1. The Hall–Kier alpha value is -2.51. The second-order valence-electron chi connectivity index (χ2n) is 7.48. The monoisotopic (exact) mass is 396 g/mol. The Kier molecular flexibility index (Phi) is 4.49. The largest absolute Gasteiger partial charge is 0.338 e. The zero-order chi connectivity index (χ0) is 19.1. The molecule has 1 saturated heterocycles. The number of amides is 1. The van der Waals surface area contributed by atoms with Crippen LogP contribution in [0.5, 0.6) is 0 Å². The molecule has 0 bridgehead atoms. The van der Waals surface area contributed by atoms with Crippen molar-refractivity contribution < 1.29 is 9.18 Å². The van der Waals surface area contributed by atoms with Crippen LogP contribution in [0.2, 0.25) is 0 Å². The van der Waals surface area contributed by atoms with Gasteiger partial charge >= 0.3 is 0 Å². The first-order valence-corrected chi connectivity index (χ1v) is 10.4. The molecule has 2 aliphatic heterocycles. The van der Waals surface area contributed by atoms with Gasteiger partial charge in [-0.1, -0.05) is 12.1 Å². The number of benzene rings is 1. The van der Waals surface area contributed by atoms with E-state index in [2.05, 4.69) is 21.4 Å². The summed E-state index contributed by atoms with van der Waals surface area (Å²) in [5.74, 6) is -0.166. The van der Waals surface area contributed by atoms with E-state index in [0.29, 0.717) is 6.04 Å². The van der Waals surface area contributed by atoms with Crippen LogP contribution in [0.15, 0.2) is 48.1 Å². The zero-order valence-corrected chi connectivity index (χ0v) is 16.2. The number of carbonyl (C=O) groups is 1. The molecule has 1 aromatic carbocycles. The Morgan fingerprint density at radius 1 is 1.18 bits per heavy atom. The van der Waals surface area contributed by atoms with E-state index in [1.165, 1.54) is 22.6 Å². The van der Waals surface area contributed by atoms with Crippen molar-refractivity contribution in [3.8, 4) is 11.1 Å². The molecule has 1 fully saturated rings. The normalized spacial score (nSPS) is 17.4. The highest BCUT2D eigenvalue weighted by atomic mass is 32.1. The fourth-order valence-corrected chi connectivity index (χ4v) is 4.84. The van der Waals surface area contributed by atoms with Gasteiger partial charge in [-0.05, 0) is 41.1 Å². The van der Waals surface area contributed by atoms with Crippen molar-refractivity contribution in [2.75, 3.05) is 19.6 Å². The van der Waals surface area contributed by atoms with Crippen molar-refractivity contribution in [3.05, 3.63) is 64.4 Å². The van der Waals surface area contributed by atoms with Crippen molar-refractivity contribution in [3.63, 3.8) is 0 Å². The highest BCUT2D eigenvalue weighted by Crippen LogP contribution is 2.28. The molecule has 2 aliphatic rings. The van der Waals surface area contributed by atoms with E-state index in [-0.39, 0.29) is 18.3 Å². The second-order valence-corrected chi connectivity index (χ2v) is 8.48. The summed E-state index contributed by atoms with van der Waals surface area (Å²) in [6.07, 6.45) is 4.67. The van der Waals surface area contributed by atoms with E-state index in [1.807, 2.05) is 22.4 Å². The second kappa shape index (κ2) is 7.14. The van der Waals surface area contributed by atoms with Crippen LogP contribution < -0.4 is 0 Å². The highest BCUT2D eigenvalue weighted by molar-refractivity contribution is 7.10. The maximum absolute atomic E-state index is 13.1. The maximum Gasteiger partial charge on any atom is 0.244 e. The van der Waals surface area contributed by atoms with E-state index in [0.717, 1.165) is 43.7 Å². The number of thiophene rings is 1. The Balaban J connectivity index is 1.15. The van der Waals surface area contributed by atoms with Crippen molar-refractivity contribution >= 4 is 17.2 Å². The summed E-state index contributed by atoms with van der Waals surface area (Å²) in [4.78, 5) is 18.5. The number of likely N-dealkylation sites (tertiary alicyclic amines) is 1. The Bertz CT molecular complexity index is 990. The molecule has 0 radical (unpaired) electrons. The first kappa shape index (κ1) is 17.6. The molecule has 5 rings (SSSR count). The Morgan fingerprint density at radius 2 is 2.00 bits per heavy atom. The van der Waals surface area contributed by atoms with Gasteiger partial charge in [-0.15, -0.1) is 11.3 Å². The quantitative estimate of drug-likeness (QED) is 0.681. The average molecular weight is 396 g/mol. The van der Waals surface area contributed by atoms with Gasteiger partial charge in [-0.2, -0.15) is 5.10 Å². The molecule has 0 unspecified atom stereocenters. The van der Waals surface area contributed by atoms with Gasteiger partial charge in [0, 0.05) is 48.9 Å². The van der Waals surface area contributed by atoms with Crippen LogP contribution in [0.1, 0.15) is 10.4 Å². The molecule has 144 valence electrons. The first-order valence-electron chi connectivity index (χ1n) is 9.51. The topological polar surface area (TPSA) is 41.4 Å². The lowest BCUT2D eigenvalue weighted by Gasteiger charge is -2.46. The van der Waals surface area contributed by atoms with Gasteiger partial charge < -0.3 is 4.90 Å². The zero-order valence-electron chi connectivity index (χ0n) is 15.4. The van der Waals surface area contributed by atoms with Crippen LogP contribution in [0.25, 0.3) is 11.1 Å². The molecule has 1 amide bonds. The first-order chi connectivity index (χ1) is 13.7. The van der Waals surface area contributed by atoms with Gasteiger partial charge in [0.05, 0.1) is 6.20 Å². The van der Waals surface area contributed by atoms with E-state index < -0.39 is 0 Å². The number of aromatic nitrogens is 2. The lowest BCUT2D eigenvalue weighted by Crippen LogP contribution is -2.62. The number of nitrogens with zero attached hydrogens (tertiary/aromatic N) is 4. The summed E-state index contributed by atoms with van der Waals surface area (Å²) in [5.41, 5.74) is 3.22. The molecular formula is C21H21FN4OS. The molecule has 0 saturated carbocycles. The molecule has 0 aliphatic carbocycles. The van der Waals surface area contributed by atoms with Gasteiger partial charge in [0.2, 0.25) is 5.91 Å². The van der Waals surface area contributed by atoms with Gasteiger partial charge in [0.15, 0.2) is 0 Å². The van der Waals surface area contributed by atoms with Gasteiger partial charge in [0.25, 0.3) is 0 Å². The molecular weight excluding hydrogens is 375 g/mol. The molecule has 7 heteroatoms. The molecule has 0 spiro atoms. The Morgan fingerprint density at radius 3 is 2.82 bits per heavy atom. The maximum atomic E-state index is 13.1. The third kappa shape index (κ3) is 3.36. The minimum Gasteiger partial charge on any atom is -0.338 e. The number of hydrogen-bond donors (Lipinski definition) is 0. The van der Waals surface area contributed by atoms with Crippen LogP contribution in [-0.4, -0.2) is 51.2 Å². The summed E-state index contributed by atoms with van der Waals surface area (Å²) in [5, 5.41) is 6.47. The number of carbonyl (C=O) groups excluding carboxylic acids is 1. The lowest BCUT2D eigenvalue weighted by atomic mass is 10.0. The van der Waals surface area contributed by atoms with Crippen molar-refractivity contribution in [1.82, 2.24) is 19.6 Å². The van der Waals surface area contributed by atoms with E-state index >= 15 is 0 Å². The molecule has 3 aromatic rings. The Labute approximate surface area is 167 Å². The van der Waals surface area contributed by atoms with Crippen molar-refractivity contribution in [2.45, 2.75) is 25.6 Å². The predicted octanol–water partition coefficient (Wildman–Crippen LogP) is 3.02. The van der Waals surface area contributed by atoms with Gasteiger partial charge in [0.1, 0.15) is 12.4 Å². The fraction of sp³-hybridized carbons (Fsp3) is 0.333. The van der Waals surface area contributed by atoms with Crippen LogP contribution in [-0.2, 0) is 24.3 Å². The minimum absolute atomic E-state index is 0.0956. The third-order valence-corrected chi connectivity index (χ3v) is 6.70. The molecule has 28 heavy (non-hydrogen) atoms. The summed E-state index contributed by atoms with van der Waals surface area (Å²) in [6, 6.07) is 8.98. The standard InChI is InChI=1S/C21H21FN4OS/c22-18-3-1-15(2-4-18)17-9-23-26(11-17)14-21(27)25-12-19(13-25)24-7-5-20-16(10-24)6-8-28-20/h1-4,6,8-9,11,19H,5,7,10,12-14H2. The van der Waals surface area contributed by atoms with Gasteiger partial charge in [-0.25, -0.2) is 4.39 Å². The summed E-state index contributed by atoms with van der Waals surface area (Å²) in [6.45, 7) is 3.92. The molecule has 5 nitrogen and oxygen atoms in total. The minimum atomic E-state index is -0.261. The predicted molar refractivity (Wildman–Crippen MR) is 106 cm³/mol. The summed E-state index contributed by atoms with van der Waals surface area (Å²) in [7, 11) is 0. The fourth-order valence-electron chi connectivity index (χ4n) is 3.95. The van der Waals surface area contributed by atoms with Crippen LogP contribution in [0, 0.1) is 5.82 Å².